The van der Waals surface area contributed by atoms with E-state index in [2.05, 4.69) is 56.0 Å². The summed E-state index contributed by atoms with van der Waals surface area (Å²) in [7, 11) is 0. The van der Waals surface area contributed by atoms with Gasteiger partial charge in [0.25, 0.3) is 0 Å². The number of aliphatic imine (C=N–C) groups is 1. The van der Waals surface area contributed by atoms with Crippen LogP contribution in [0.2, 0.25) is 0 Å². The van der Waals surface area contributed by atoms with Gasteiger partial charge in [0.1, 0.15) is 4.38 Å². The largest absolute Gasteiger partial charge is 0.338 e. The molecule has 0 bridgehead atoms. The number of nitrogens with zero attached hydrogens (tertiary/aromatic N) is 3. The molecule has 116 valence electrons. The third-order valence-electron chi connectivity index (χ3n) is 3.29. The number of aromatic nitrogens is 2. The van der Waals surface area contributed by atoms with Gasteiger partial charge in [-0.15, -0.1) is 0 Å². The van der Waals surface area contributed by atoms with E-state index in [1.807, 2.05) is 6.07 Å². The maximum atomic E-state index is 5.42. The predicted octanol–water partition coefficient (Wildman–Crippen LogP) is 5.10. The van der Waals surface area contributed by atoms with Gasteiger partial charge in [-0.05, 0) is 18.6 Å². The van der Waals surface area contributed by atoms with Crippen LogP contribution in [-0.2, 0) is 11.2 Å². The molecule has 1 unspecified atom stereocenters. The highest BCUT2D eigenvalue weighted by molar-refractivity contribution is 8.38. The average Bonchev–Trinajstić information content (AvgIpc) is 2.97. The lowest BCUT2D eigenvalue weighted by atomic mass is 9.96. The lowest BCUT2D eigenvalue weighted by Gasteiger charge is -2.15. The Balaban J connectivity index is 1.74. The number of hydrogen-bond acceptors (Lipinski definition) is 6. The van der Waals surface area contributed by atoms with E-state index in [9.17, 15) is 0 Å². The minimum atomic E-state index is -0.0951. The second-order valence-corrected chi connectivity index (χ2v) is 8.81. The third-order valence-corrected chi connectivity index (χ3v) is 5.58. The summed E-state index contributed by atoms with van der Waals surface area (Å²) >= 11 is 3.44. The molecule has 22 heavy (non-hydrogen) atoms. The van der Waals surface area contributed by atoms with Crippen molar-refractivity contribution < 1.29 is 4.52 Å². The van der Waals surface area contributed by atoms with Crippen LogP contribution in [0.25, 0.3) is 0 Å². The summed E-state index contributed by atoms with van der Waals surface area (Å²) in [4.78, 5) is 9.25. The topological polar surface area (TPSA) is 51.3 Å². The maximum Gasteiger partial charge on any atom is 0.239 e. The highest BCUT2D eigenvalue weighted by atomic mass is 32.2. The average molecular weight is 333 g/mol. The lowest BCUT2D eigenvalue weighted by molar-refractivity contribution is 0.364. The van der Waals surface area contributed by atoms with Gasteiger partial charge in [0, 0.05) is 11.2 Å². The standard InChI is InChI=1S/C16H19N3OS2/c1-10(13-18-14(19-20-13)16(2,3)4)22-15-17-12-8-6-5-7-11(12)9-21-15/h5-8,10H,9H2,1-4H3. The van der Waals surface area contributed by atoms with E-state index >= 15 is 0 Å². The zero-order valence-corrected chi connectivity index (χ0v) is 14.8. The Bertz CT molecular complexity index is 703. The molecule has 0 spiro atoms. The highest BCUT2D eigenvalue weighted by Gasteiger charge is 2.25. The number of para-hydroxylation sites is 1. The molecule has 0 aliphatic carbocycles. The van der Waals surface area contributed by atoms with Gasteiger partial charge in [0.2, 0.25) is 5.89 Å². The number of thioether (sulfide) groups is 2. The fourth-order valence-corrected chi connectivity index (χ4v) is 4.20. The smallest absolute Gasteiger partial charge is 0.239 e. The lowest BCUT2D eigenvalue weighted by Crippen LogP contribution is -2.13. The maximum absolute atomic E-state index is 5.42. The first-order chi connectivity index (χ1) is 10.4. The molecular formula is C16H19N3OS2. The summed E-state index contributed by atoms with van der Waals surface area (Å²) in [6.45, 7) is 8.32. The first kappa shape index (κ1) is 15.6. The Morgan fingerprint density at radius 3 is 2.77 bits per heavy atom. The number of benzene rings is 1. The number of fused-ring (bicyclic) bond motifs is 1. The Labute approximate surface area is 139 Å². The molecule has 1 aromatic heterocycles. The van der Waals surface area contributed by atoms with E-state index in [1.165, 1.54) is 5.56 Å². The van der Waals surface area contributed by atoms with Crippen LogP contribution >= 0.6 is 23.5 Å². The van der Waals surface area contributed by atoms with Crippen molar-refractivity contribution >= 4 is 33.6 Å². The van der Waals surface area contributed by atoms with Gasteiger partial charge in [-0.3, -0.25) is 0 Å². The second kappa shape index (κ2) is 6.08. The van der Waals surface area contributed by atoms with Crippen molar-refractivity contribution in [1.29, 1.82) is 0 Å². The molecule has 0 saturated carbocycles. The zero-order chi connectivity index (χ0) is 15.7. The van der Waals surface area contributed by atoms with Crippen LogP contribution in [0.4, 0.5) is 5.69 Å². The van der Waals surface area contributed by atoms with E-state index in [4.69, 9.17) is 9.52 Å². The summed E-state index contributed by atoms with van der Waals surface area (Å²) < 4.78 is 6.47. The van der Waals surface area contributed by atoms with Crippen LogP contribution in [0.15, 0.2) is 33.8 Å². The van der Waals surface area contributed by atoms with Crippen LogP contribution in [0.1, 0.15) is 50.2 Å². The summed E-state index contributed by atoms with van der Waals surface area (Å²) in [5.41, 5.74) is 2.26. The molecule has 0 fully saturated rings. The molecule has 1 atom stereocenters. The molecule has 3 rings (SSSR count). The second-order valence-electron chi connectivity index (χ2n) is 6.26. The number of hydrogen-bond donors (Lipinski definition) is 0. The molecule has 6 heteroatoms. The Morgan fingerprint density at radius 2 is 2.05 bits per heavy atom. The Morgan fingerprint density at radius 1 is 1.27 bits per heavy atom. The van der Waals surface area contributed by atoms with Crippen molar-refractivity contribution in [1.82, 2.24) is 10.1 Å². The van der Waals surface area contributed by atoms with Gasteiger partial charge in [0.15, 0.2) is 5.82 Å². The third kappa shape index (κ3) is 3.38. The summed E-state index contributed by atoms with van der Waals surface area (Å²) in [5.74, 6) is 2.38. The van der Waals surface area contributed by atoms with Gasteiger partial charge in [0.05, 0.1) is 10.9 Å². The molecule has 1 aromatic carbocycles. The van der Waals surface area contributed by atoms with Crippen molar-refractivity contribution in [3.05, 3.63) is 41.5 Å². The van der Waals surface area contributed by atoms with Crippen LogP contribution in [0.5, 0.6) is 0 Å². The molecule has 1 aliphatic rings. The van der Waals surface area contributed by atoms with Crippen molar-refractivity contribution in [2.45, 2.75) is 44.1 Å². The first-order valence-corrected chi connectivity index (χ1v) is 9.10. The summed E-state index contributed by atoms with van der Waals surface area (Å²) in [6.07, 6.45) is 0. The summed E-state index contributed by atoms with van der Waals surface area (Å²) in [6, 6.07) is 8.27. The molecule has 4 nitrogen and oxygen atoms in total. The van der Waals surface area contributed by atoms with E-state index in [1.54, 1.807) is 23.5 Å². The Kier molecular flexibility index (Phi) is 4.32. The van der Waals surface area contributed by atoms with Crippen molar-refractivity contribution in [2.75, 3.05) is 0 Å². The number of rotatable bonds is 2. The van der Waals surface area contributed by atoms with Gasteiger partial charge in [-0.2, -0.15) is 4.98 Å². The van der Waals surface area contributed by atoms with E-state index in [0.29, 0.717) is 5.89 Å². The van der Waals surface area contributed by atoms with E-state index in [0.717, 1.165) is 21.6 Å². The quantitative estimate of drug-likeness (QED) is 0.765. The first-order valence-electron chi connectivity index (χ1n) is 7.23. The van der Waals surface area contributed by atoms with Gasteiger partial charge in [-0.25, -0.2) is 4.99 Å². The Hall–Kier alpha value is -1.27. The fraction of sp³-hybridized carbons (Fsp3) is 0.438. The molecule has 0 radical (unpaired) electrons. The molecule has 0 N–H and O–H groups in total. The predicted molar refractivity (Wildman–Crippen MR) is 93.8 cm³/mol. The fourth-order valence-electron chi connectivity index (χ4n) is 1.98. The minimum Gasteiger partial charge on any atom is -0.338 e. The SMILES string of the molecule is CC(SC1=Nc2ccccc2CS1)c1nc(C(C)(C)C)no1. The van der Waals surface area contributed by atoms with Crippen molar-refractivity contribution in [3.8, 4) is 0 Å². The molecule has 0 saturated heterocycles. The van der Waals surface area contributed by atoms with Crippen molar-refractivity contribution in [2.24, 2.45) is 4.99 Å². The van der Waals surface area contributed by atoms with Crippen LogP contribution < -0.4 is 0 Å². The molecule has 2 heterocycles. The summed E-state index contributed by atoms with van der Waals surface area (Å²) in [5, 5.41) is 4.19. The minimum absolute atomic E-state index is 0.0951. The van der Waals surface area contributed by atoms with Crippen LogP contribution in [0, 0.1) is 0 Å². The van der Waals surface area contributed by atoms with Gasteiger partial charge < -0.3 is 4.52 Å². The normalized spacial score (nSPS) is 16.1. The highest BCUT2D eigenvalue weighted by Crippen LogP contribution is 2.39. The van der Waals surface area contributed by atoms with Crippen LogP contribution in [0.3, 0.4) is 0 Å². The van der Waals surface area contributed by atoms with E-state index < -0.39 is 0 Å². The molecular weight excluding hydrogens is 314 g/mol. The monoisotopic (exact) mass is 333 g/mol. The van der Waals surface area contributed by atoms with Gasteiger partial charge >= 0.3 is 0 Å². The van der Waals surface area contributed by atoms with Crippen molar-refractivity contribution in [3.63, 3.8) is 0 Å². The molecule has 2 aromatic rings. The van der Waals surface area contributed by atoms with Crippen LogP contribution in [-0.4, -0.2) is 14.5 Å². The molecule has 0 amide bonds. The van der Waals surface area contributed by atoms with Gasteiger partial charge in [-0.1, -0.05) is 67.7 Å². The molecule has 1 aliphatic heterocycles. The van der Waals surface area contributed by atoms with E-state index in [-0.39, 0.29) is 10.7 Å². The zero-order valence-electron chi connectivity index (χ0n) is 13.2.